The molecule has 0 aromatic carbocycles. The zero-order valence-corrected chi connectivity index (χ0v) is 16.1. The van der Waals surface area contributed by atoms with E-state index in [0.717, 1.165) is 6.42 Å². The first kappa shape index (κ1) is 21.8. The fraction of sp³-hybridized carbons (Fsp3) is 0.619. The third kappa shape index (κ3) is 6.28. The van der Waals surface area contributed by atoms with E-state index >= 15 is 0 Å². The number of hydrogen-bond donors (Lipinski definition) is 3. The van der Waals surface area contributed by atoms with Crippen molar-refractivity contribution in [3.05, 3.63) is 47.8 Å². The quantitative estimate of drug-likeness (QED) is 0.541. The van der Waals surface area contributed by atoms with Crippen LogP contribution in [-0.2, 0) is 9.47 Å². The maximum Gasteiger partial charge on any atom is 0.118 e. The Hall–Kier alpha value is -1.47. The van der Waals surface area contributed by atoms with E-state index in [9.17, 15) is 14.6 Å². The maximum atomic E-state index is 12.3. The van der Waals surface area contributed by atoms with Gasteiger partial charge < -0.3 is 24.8 Å². The third-order valence-corrected chi connectivity index (χ3v) is 5.13. The van der Waals surface area contributed by atoms with Gasteiger partial charge in [-0.15, -0.1) is 0 Å². The zero-order chi connectivity index (χ0) is 19.9. The van der Waals surface area contributed by atoms with Crippen LogP contribution in [0.1, 0.15) is 26.7 Å². The van der Waals surface area contributed by atoms with Crippen molar-refractivity contribution >= 4 is 0 Å². The van der Waals surface area contributed by atoms with Gasteiger partial charge in [0.1, 0.15) is 31.2 Å². The van der Waals surface area contributed by atoms with Crippen molar-refractivity contribution in [2.45, 2.75) is 45.0 Å². The Labute approximate surface area is 160 Å². The highest BCUT2D eigenvalue weighted by molar-refractivity contribution is 5.33. The summed E-state index contributed by atoms with van der Waals surface area (Å²) in [5, 5.41) is 27.4. The van der Waals surface area contributed by atoms with Crippen molar-refractivity contribution in [2.75, 3.05) is 26.5 Å². The van der Waals surface area contributed by atoms with E-state index in [-0.39, 0.29) is 31.3 Å². The molecule has 2 aliphatic carbocycles. The van der Waals surface area contributed by atoms with Crippen LogP contribution >= 0.6 is 0 Å². The molecule has 0 amide bonds. The van der Waals surface area contributed by atoms with E-state index < -0.39 is 18.9 Å². The highest BCUT2D eigenvalue weighted by Crippen LogP contribution is 2.42. The van der Waals surface area contributed by atoms with Crippen LogP contribution in [0.5, 0.6) is 0 Å². The monoisotopic (exact) mass is 382 g/mol. The summed E-state index contributed by atoms with van der Waals surface area (Å²) in [6.07, 6.45) is 11.7. The topological polar surface area (TPSA) is 79.2 Å². The molecule has 6 heteroatoms. The highest BCUT2D eigenvalue weighted by Gasteiger charge is 2.32. The van der Waals surface area contributed by atoms with Gasteiger partial charge in [-0.2, -0.15) is 0 Å². The first-order chi connectivity index (χ1) is 12.9. The number of allylic oxidation sites excluding steroid dienone is 5. The molecule has 0 aromatic rings. The van der Waals surface area contributed by atoms with Crippen molar-refractivity contribution in [3.8, 4) is 0 Å². The molecule has 0 fully saturated rings. The van der Waals surface area contributed by atoms with Gasteiger partial charge in [-0.25, -0.2) is 4.39 Å². The number of aliphatic hydroxyl groups is 3. The summed E-state index contributed by atoms with van der Waals surface area (Å²) in [5.41, 5.74) is 1.14. The molecule has 0 heterocycles. The predicted octanol–water partition coefficient (Wildman–Crippen LogP) is 2.44. The molecule has 2 unspecified atom stereocenters. The lowest BCUT2D eigenvalue weighted by Gasteiger charge is -2.36. The van der Waals surface area contributed by atoms with Gasteiger partial charge in [-0.05, 0) is 41.9 Å². The second-order valence-corrected chi connectivity index (χ2v) is 7.61. The summed E-state index contributed by atoms with van der Waals surface area (Å²) in [4.78, 5) is 0. The van der Waals surface area contributed by atoms with Crippen LogP contribution in [0, 0.1) is 11.3 Å². The van der Waals surface area contributed by atoms with Crippen molar-refractivity contribution < 1.29 is 29.2 Å². The van der Waals surface area contributed by atoms with Crippen LogP contribution in [0.4, 0.5) is 4.39 Å². The van der Waals surface area contributed by atoms with Crippen LogP contribution < -0.4 is 0 Å². The Morgan fingerprint density at radius 1 is 1.11 bits per heavy atom. The largest absolute Gasteiger partial charge is 0.491 e. The SMILES string of the molecule is CC(C)(C1=CCC(OCC(O)CF)C=C1)[C@H]1C=CC(OC[C@@H](O)CO)=CC1. The molecule has 0 saturated carbocycles. The van der Waals surface area contributed by atoms with Crippen molar-refractivity contribution in [3.63, 3.8) is 0 Å². The van der Waals surface area contributed by atoms with Gasteiger partial charge in [0, 0.05) is 0 Å². The van der Waals surface area contributed by atoms with Gasteiger partial charge in [0.05, 0.1) is 19.3 Å². The van der Waals surface area contributed by atoms with Gasteiger partial charge in [-0.1, -0.05) is 38.2 Å². The number of aliphatic hydroxyl groups excluding tert-OH is 3. The maximum absolute atomic E-state index is 12.3. The fourth-order valence-electron chi connectivity index (χ4n) is 3.18. The molecule has 0 radical (unpaired) electrons. The van der Waals surface area contributed by atoms with Gasteiger partial charge in [-0.3, -0.25) is 0 Å². The molecule has 5 nitrogen and oxygen atoms in total. The minimum absolute atomic E-state index is 0.00197. The lowest BCUT2D eigenvalue weighted by Crippen LogP contribution is -2.28. The minimum atomic E-state index is -1.06. The fourth-order valence-corrected chi connectivity index (χ4v) is 3.18. The zero-order valence-electron chi connectivity index (χ0n) is 16.1. The van der Waals surface area contributed by atoms with E-state index in [1.807, 2.05) is 18.2 Å². The van der Waals surface area contributed by atoms with Crippen LogP contribution in [0.15, 0.2) is 47.8 Å². The molecular formula is C21H31FO5. The van der Waals surface area contributed by atoms with E-state index in [1.165, 1.54) is 5.57 Å². The van der Waals surface area contributed by atoms with Crippen molar-refractivity contribution in [1.29, 1.82) is 0 Å². The van der Waals surface area contributed by atoms with Crippen LogP contribution in [0.3, 0.4) is 0 Å². The van der Waals surface area contributed by atoms with Crippen LogP contribution in [0.2, 0.25) is 0 Å². The molecule has 0 aromatic heterocycles. The summed E-state index contributed by atoms with van der Waals surface area (Å²) >= 11 is 0. The summed E-state index contributed by atoms with van der Waals surface area (Å²) in [5.74, 6) is 1.01. The van der Waals surface area contributed by atoms with E-state index in [4.69, 9.17) is 14.6 Å². The normalized spacial score (nSPS) is 25.0. The number of rotatable bonds is 10. The molecule has 0 spiro atoms. The van der Waals surface area contributed by atoms with Gasteiger partial charge in [0.15, 0.2) is 0 Å². The molecule has 0 saturated heterocycles. The Morgan fingerprint density at radius 2 is 1.89 bits per heavy atom. The number of halogens is 1. The molecular weight excluding hydrogens is 351 g/mol. The van der Waals surface area contributed by atoms with Gasteiger partial charge in [0.2, 0.25) is 0 Å². The molecule has 0 bridgehead atoms. The minimum Gasteiger partial charge on any atom is -0.491 e. The van der Waals surface area contributed by atoms with E-state index in [1.54, 1.807) is 0 Å². The summed E-state index contributed by atoms with van der Waals surface area (Å²) in [6, 6.07) is 0. The second kappa shape index (κ2) is 10.2. The number of ether oxygens (including phenoxy) is 2. The number of hydrogen-bond acceptors (Lipinski definition) is 5. The first-order valence-corrected chi connectivity index (χ1v) is 9.41. The average molecular weight is 382 g/mol. The van der Waals surface area contributed by atoms with Crippen LogP contribution in [0.25, 0.3) is 0 Å². The molecule has 2 rings (SSSR count). The second-order valence-electron chi connectivity index (χ2n) is 7.61. The highest BCUT2D eigenvalue weighted by atomic mass is 19.1. The average Bonchev–Trinajstić information content (AvgIpc) is 2.70. The summed E-state index contributed by atoms with van der Waals surface area (Å²) in [6.45, 7) is 3.36. The molecule has 27 heavy (non-hydrogen) atoms. The molecule has 2 aliphatic rings. The summed E-state index contributed by atoms with van der Waals surface area (Å²) in [7, 11) is 0. The predicted molar refractivity (Wildman–Crippen MR) is 102 cm³/mol. The Kier molecular flexibility index (Phi) is 8.23. The number of alkyl halides is 1. The molecule has 0 aliphatic heterocycles. The van der Waals surface area contributed by atoms with Crippen LogP contribution in [-0.4, -0.2) is 60.1 Å². The third-order valence-electron chi connectivity index (χ3n) is 5.13. The van der Waals surface area contributed by atoms with Gasteiger partial charge >= 0.3 is 0 Å². The lowest BCUT2D eigenvalue weighted by atomic mass is 9.69. The molecule has 3 N–H and O–H groups in total. The van der Waals surface area contributed by atoms with E-state index in [0.29, 0.717) is 18.1 Å². The smallest absolute Gasteiger partial charge is 0.118 e. The summed E-state index contributed by atoms with van der Waals surface area (Å²) < 4.78 is 23.3. The Bertz CT molecular complexity index is 593. The Balaban J connectivity index is 1.87. The molecule has 4 atom stereocenters. The Morgan fingerprint density at radius 3 is 2.44 bits per heavy atom. The van der Waals surface area contributed by atoms with Crippen molar-refractivity contribution in [1.82, 2.24) is 0 Å². The standard InChI is InChI=1S/C21H31FO5/c1-21(2,15-3-7-19(8-4-15)26-13-17(24)11-22)16-5-9-20(10-6-16)27-14-18(25)12-23/h3-5,7,9-10,16-19,23-25H,6,8,11-14H2,1-2H3/t16-,17?,18-,19?/m0/s1. The molecule has 152 valence electrons. The first-order valence-electron chi connectivity index (χ1n) is 9.41. The van der Waals surface area contributed by atoms with E-state index in [2.05, 4.69) is 32.1 Å². The lowest BCUT2D eigenvalue weighted by molar-refractivity contribution is 0.000642. The van der Waals surface area contributed by atoms with Gasteiger partial charge in [0.25, 0.3) is 0 Å². The van der Waals surface area contributed by atoms with Crippen molar-refractivity contribution in [2.24, 2.45) is 11.3 Å².